The van der Waals surface area contributed by atoms with Gasteiger partial charge in [0.1, 0.15) is 17.8 Å². The summed E-state index contributed by atoms with van der Waals surface area (Å²) in [7, 11) is 0. The molecule has 0 saturated carbocycles. The summed E-state index contributed by atoms with van der Waals surface area (Å²) in [6.45, 7) is 12.5. The number of hydrogen-bond acceptors (Lipinski definition) is 7. The number of ketones is 1. The van der Waals surface area contributed by atoms with Crippen LogP contribution >= 0.6 is 0 Å². The molecule has 4 aliphatic rings. The third-order valence-corrected chi connectivity index (χ3v) is 6.07. The van der Waals surface area contributed by atoms with Gasteiger partial charge in [0.25, 0.3) is 0 Å². The minimum atomic E-state index is -1.43. The average Bonchev–Trinajstić information content (AvgIpc) is 3.04. The number of fused-ring (bicyclic) bond motifs is 3. The maximum absolute atomic E-state index is 12.9. The summed E-state index contributed by atoms with van der Waals surface area (Å²) < 4.78 is 23.2. The molecule has 7 heteroatoms. The van der Waals surface area contributed by atoms with E-state index < -0.39 is 47.1 Å². The van der Waals surface area contributed by atoms with E-state index in [0.717, 1.165) is 0 Å². The van der Waals surface area contributed by atoms with Crippen molar-refractivity contribution in [3.63, 3.8) is 0 Å². The maximum atomic E-state index is 12.9. The zero-order valence-electron chi connectivity index (χ0n) is 15.1. The zero-order chi connectivity index (χ0) is 19.1. The standard InChI is InChI=1S/C19H22O7/c1-9(2)15(21)23-12-8-18(5)11(20)6-7-17(4)13(25-17)14-19(12,26-18)10(3)16(22)24-14/h12-14H,1,3,6-8H2,2,4-5H3/t12-,13-,14+,17+,18+,19-/m0/s1. The van der Waals surface area contributed by atoms with Crippen LogP contribution in [0.4, 0.5) is 0 Å². The third-order valence-electron chi connectivity index (χ3n) is 6.07. The molecule has 140 valence electrons. The average molecular weight is 362 g/mol. The number of Topliss-reactive ketones (excluding diaryl/α,β-unsaturated/α-hetero) is 1. The van der Waals surface area contributed by atoms with Gasteiger partial charge < -0.3 is 18.9 Å². The normalized spacial score (nSPS) is 46.4. The van der Waals surface area contributed by atoms with Crippen molar-refractivity contribution in [2.45, 2.75) is 75.1 Å². The monoisotopic (exact) mass is 362 g/mol. The van der Waals surface area contributed by atoms with E-state index in [0.29, 0.717) is 6.42 Å². The molecular weight excluding hydrogens is 340 g/mol. The molecule has 26 heavy (non-hydrogen) atoms. The molecule has 0 amide bonds. The van der Waals surface area contributed by atoms with Crippen molar-refractivity contribution in [3.8, 4) is 0 Å². The van der Waals surface area contributed by atoms with Crippen molar-refractivity contribution in [3.05, 3.63) is 24.3 Å². The lowest BCUT2D eigenvalue weighted by atomic mass is 9.78. The van der Waals surface area contributed by atoms with Gasteiger partial charge in [-0.3, -0.25) is 4.79 Å². The second-order valence-electron chi connectivity index (χ2n) is 8.08. The molecule has 4 heterocycles. The van der Waals surface area contributed by atoms with Gasteiger partial charge in [-0.2, -0.15) is 0 Å². The van der Waals surface area contributed by atoms with Crippen molar-refractivity contribution in [1.29, 1.82) is 0 Å². The zero-order valence-corrected chi connectivity index (χ0v) is 15.1. The Balaban J connectivity index is 1.83. The molecule has 4 fully saturated rings. The molecule has 0 unspecified atom stereocenters. The molecule has 4 rings (SSSR count). The summed E-state index contributed by atoms with van der Waals surface area (Å²) in [5.74, 6) is -1.35. The highest BCUT2D eigenvalue weighted by Crippen LogP contribution is 2.58. The van der Waals surface area contributed by atoms with E-state index in [4.69, 9.17) is 18.9 Å². The molecule has 0 aliphatic carbocycles. The lowest BCUT2D eigenvalue weighted by molar-refractivity contribution is -0.172. The molecule has 2 bridgehead atoms. The first-order chi connectivity index (χ1) is 12.0. The van der Waals surface area contributed by atoms with Gasteiger partial charge >= 0.3 is 11.9 Å². The highest BCUT2D eigenvalue weighted by atomic mass is 16.7. The van der Waals surface area contributed by atoms with Crippen LogP contribution in [-0.2, 0) is 33.3 Å². The Morgan fingerprint density at radius 1 is 1.27 bits per heavy atom. The van der Waals surface area contributed by atoms with Crippen molar-refractivity contribution in [1.82, 2.24) is 0 Å². The summed E-state index contributed by atoms with van der Waals surface area (Å²) in [6.07, 6.45) is -1.24. The Kier molecular flexibility index (Phi) is 3.38. The van der Waals surface area contributed by atoms with Gasteiger partial charge in [0.2, 0.25) is 0 Å². The molecule has 4 aliphatic heterocycles. The molecule has 0 aromatic rings. The van der Waals surface area contributed by atoms with Crippen LogP contribution in [-0.4, -0.2) is 52.8 Å². The largest absolute Gasteiger partial charge is 0.455 e. The first kappa shape index (κ1) is 17.4. The Morgan fingerprint density at radius 3 is 2.62 bits per heavy atom. The first-order valence-corrected chi connectivity index (χ1v) is 8.72. The molecule has 0 aromatic carbocycles. The van der Waals surface area contributed by atoms with Crippen LogP contribution in [0, 0.1) is 0 Å². The van der Waals surface area contributed by atoms with Crippen LogP contribution in [0.1, 0.15) is 40.0 Å². The number of carbonyl (C=O) groups is 3. The predicted molar refractivity (Wildman–Crippen MR) is 88.1 cm³/mol. The lowest BCUT2D eigenvalue weighted by Gasteiger charge is -2.34. The van der Waals surface area contributed by atoms with E-state index in [1.165, 1.54) is 6.92 Å². The highest BCUT2D eigenvalue weighted by Gasteiger charge is 2.76. The Morgan fingerprint density at radius 2 is 1.96 bits per heavy atom. The maximum Gasteiger partial charge on any atom is 0.337 e. The van der Waals surface area contributed by atoms with Gasteiger partial charge in [-0.05, 0) is 27.2 Å². The number of hydrogen-bond donors (Lipinski definition) is 0. The molecule has 1 spiro atoms. The fourth-order valence-electron chi connectivity index (χ4n) is 4.37. The number of epoxide rings is 1. The van der Waals surface area contributed by atoms with Crippen LogP contribution in [0.15, 0.2) is 24.3 Å². The number of ether oxygens (including phenoxy) is 4. The number of rotatable bonds is 2. The second-order valence-corrected chi connectivity index (χ2v) is 8.08. The summed E-state index contributed by atoms with van der Waals surface area (Å²) in [5.41, 5.74) is -2.93. The summed E-state index contributed by atoms with van der Waals surface area (Å²) in [4.78, 5) is 37.4. The van der Waals surface area contributed by atoms with E-state index in [9.17, 15) is 14.4 Å². The molecule has 4 saturated heterocycles. The Labute approximate surface area is 151 Å². The van der Waals surface area contributed by atoms with Crippen LogP contribution in [0.5, 0.6) is 0 Å². The fourth-order valence-corrected chi connectivity index (χ4v) is 4.37. The molecular formula is C19H22O7. The lowest BCUT2D eigenvalue weighted by Crippen LogP contribution is -2.53. The second kappa shape index (κ2) is 5.04. The summed E-state index contributed by atoms with van der Waals surface area (Å²) in [5, 5.41) is 0. The van der Waals surface area contributed by atoms with E-state index in [2.05, 4.69) is 13.2 Å². The van der Waals surface area contributed by atoms with Gasteiger partial charge in [-0.25, -0.2) is 9.59 Å². The highest BCUT2D eigenvalue weighted by molar-refractivity contribution is 5.95. The van der Waals surface area contributed by atoms with E-state index in [1.807, 2.05) is 6.92 Å². The number of carbonyl (C=O) groups excluding carboxylic acids is 3. The van der Waals surface area contributed by atoms with Gasteiger partial charge in [-0.15, -0.1) is 0 Å². The van der Waals surface area contributed by atoms with E-state index in [1.54, 1.807) is 6.92 Å². The molecule has 6 atom stereocenters. The summed E-state index contributed by atoms with van der Waals surface area (Å²) >= 11 is 0. The Hall–Kier alpha value is -1.99. The Bertz CT molecular complexity index is 770. The summed E-state index contributed by atoms with van der Waals surface area (Å²) in [6, 6.07) is 0. The van der Waals surface area contributed by atoms with E-state index in [-0.39, 0.29) is 29.8 Å². The van der Waals surface area contributed by atoms with Gasteiger partial charge in [0.15, 0.2) is 17.5 Å². The van der Waals surface area contributed by atoms with Crippen LogP contribution < -0.4 is 0 Å². The van der Waals surface area contributed by atoms with Crippen molar-refractivity contribution in [2.75, 3.05) is 0 Å². The minimum absolute atomic E-state index is 0.0540. The first-order valence-electron chi connectivity index (χ1n) is 8.72. The molecule has 0 N–H and O–H groups in total. The minimum Gasteiger partial charge on any atom is -0.455 e. The van der Waals surface area contributed by atoms with Gasteiger partial charge in [-0.1, -0.05) is 13.2 Å². The molecule has 0 radical (unpaired) electrons. The fraction of sp³-hybridized carbons (Fsp3) is 0.632. The molecule has 0 aromatic heterocycles. The van der Waals surface area contributed by atoms with Crippen molar-refractivity contribution < 1.29 is 33.3 Å². The smallest absolute Gasteiger partial charge is 0.337 e. The topological polar surface area (TPSA) is 91.4 Å². The van der Waals surface area contributed by atoms with Crippen LogP contribution in [0.2, 0.25) is 0 Å². The van der Waals surface area contributed by atoms with Crippen molar-refractivity contribution in [2.24, 2.45) is 0 Å². The SMILES string of the molecule is C=C(C)C(=O)O[C@H]1C[C@@]2(C)O[C@@]13C(=C)C(=O)O[C@@H]3[C@@H]1O[C@]1(C)CCC2=O. The third kappa shape index (κ3) is 2.10. The quantitative estimate of drug-likeness (QED) is 0.416. The predicted octanol–water partition coefficient (Wildman–Crippen LogP) is 1.39. The van der Waals surface area contributed by atoms with Crippen LogP contribution in [0.25, 0.3) is 0 Å². The van der Waals surface area contributed by atoms with Crippen molar-refractivity contribution >= 4 is 17.7 Å². The van der Waals surface area contributed by atoms with Crippen LogP contribution in [0.3, 0.4) is 0 Å². The van der Waals surface area contributed by atoms with Gasteiger partial charge in [0.05, 0.1) is 11.2 Å². The molecule has 7 nitrogen and oxygen atoms in total. The van der Waals surface area contributed by atoms with Gasteiger partial charge in [0, 0.05) is 18.4 Å². The number of esters is 2. The van der Waals surface area contributed by atoms with E-state index >= 15 is 0 Å².